The van der Waals surface area contributed by atoms with Gasteiger partial charge in [0.05, 0.1) is 0 Å². The van der Waals surface area contributed by atoms with E-state index in [1.54, 1.807) is 30.3 Å². The van der Waals surface area contributed by atoms with Gasteiger partial charge in [0.15, 0.2) is 11.6 Å². The fourth-order valence-electron chi connectivity index (χ4n) is 2.20. The molecule has 0 amide bonds. The van der Waals surface area contributed by atoms with Gasteiger partial charge in [-0.1, -0.05) is 24.5 Å². The van der Waals surface area contributed by atoms with Gasteiger partial charge >= 0.3 is 0 Å². The quantitative estimate of drug-likeness (QED) is 0.497. The van der Waals surface area contributed by atoms with Crippen LogP contribution in [0, 0.1) is 23.5 Å². The molecule has 1 aromatic heterocycles. The van der Waals surface area contributed by atoms with Gasteiger partial charge in [-0.2, -0.15) is 0 Å². The molecule has 1 heterocycles. The fraction of sp³-hybridized carbons (Fsp3) is 0.0476. The number of hydrogen-bond acceptors (Lipinski definition) is 1. The third-order valence-corrected chi connectivity index (χ3v) is 3.47. The van der Waals surface area contributed by atoms with Gasteiger partial charge in [0.1, 0.15) is 12.4 Å². The molecule has 0 aliphatic carbocycles. The largest absolute Gasteiger partial charge is 0.490 e. The molecule has 0 aliphatic heterocycles. The molecule has 0 fully saturated rings. The molecule has 0 saturated carbocycles. The monoisotopic (exact) mass is 335 g/mol. The van der Waals surface area contributed by atoms with E-state index >= 15 is 0 Å². The van der Waals surface area contributed by atoms with E-state index in [0.717, 1.165) is 29.3 Å². The topological polar surface area (TPSA) is 14.2 Å². The second-order valence-corrected chi connectivity index (χ2v) is 5.28. The molecule has 0 bridgehead atoms. The third kappa shape index (κ3) is 4.15. The van der Waals surface area contributed by atoms with Gasteiger partial charge < -0.3 is 9.30 Å². The highest BCUT2D eigenvalue weighted by atomic mass is 19.2. The Kier molecular flexibility index (Phi) is 4.96. The summed E-state index contributed by atoms with van der Waals surface area (Å²) in [6.07, 6.45) is 3.89. The minimum Gasteiger partial charge on any atom is -0.490 e. The van der Waals surface area contributed by atoms with Crippen molar-refractivity contribution in [3.8, 4) is 23.3 Å². The van der Waals surface area contributed by atoms with Crippen LogP contribution in [0.4, 0.5) is 8.78 Å². The number of hydrogen-bond donors (Lipinski definition) is 0. The Labute approximate surface area is 145 Å². The van der Waals surface area contributed by atoms with Crippen LogP contribution >= 0.6 is 0 Å². The molecule has 0 radical (unpaired) electrons. The summed E-state index contributed by atoms with van der Waals surface area (Å²) in [6.45, 7) is 4.07. The van der Waals surface area contributed by atoms with Crippen LogP contribution in [0.2, 0.25) is 0 Å². The van der Waals surface area contributed by atoms with Crippen molar-refractivity contribution in [2.24, 2.45) is 0 Å². The number of halogens is 2. The minimum absolute atomic E-state index is 0.465. The van der Waals surface area contributed by atoms with Crippen LogP contribution in [0.25, 0.3) is 5.69 Å². The summed E-state index contributed by atoms with van der Waals surface area (Å²) in [4.78, 5) is 0. The fourth-order valence-corrected chi connectivity index (χ4v) is 2.20. The van der Waals surface area contributed by atoms with E-state index < -0.39 is 11.6 Å². The van der Waals surface area contributed by atoms with E-state index in [2.05, 4.69) is 18.4 Å². The van der Waals surface area contributed by atoms with Crippen molar-refractivity contribution >= 4 is 0 Å². The average Bonchev–Trinajstić information content (AvgIpc) is 2.98. The molecule has 3 rings (SSSR count). The van der Waals surface area contributed by atoms with Gasteiger partial charge in [-0.15, -0.1) is 0 Å². The Balaban J connectivity index is 1.71. The standard InChI is InChI=1S/C21H15F2NO/c1-2-13-25-19-11-7-17(8-12-19)4-3-16-5-9-18(10-6-16)24-14-20(22)21(23)15-24/h2,5-12,14-15H,1,13H2. The smallest absolute Gasteiger partial charge is 0.176 e. The highest BCUT2D eigenvalue weighted by Gasteiger charge is 2.06. The Bertz CT molecular complexity index is 909. The van der Waals surface area contributed by atoms with Crippen LogP contribution in [0.3, 0.4) is 0 Å². The van der Waals surface area contributed by atoms with E-state index in [1.807, 2.05) is 24.3 Å². The second-order valence-electron chi connectivity index (χ2n) is 5.28. The molecular formula is C21H15F2NO. The van der Waals surface area contributed by atoms with Crippen molar-refractivity contribution in [3.63, 3.8) is 0 Å². The number of benzene rings is 2. The highest BCUT2D eigenvalue weighted by molar-refractivity contribution is 5.47. The van der Waals surface area contributed by atoms with E-state index in [4.69, 9.17) is 4.74 Å². The molecule has 4 heteroatoms. The molecule has 0 N–H and O–H groups in total. The van der Waals surface area contributed by atoms with Crippen molar-refractivity contribution in [1.29, 1.82) is 0 Å². The molecule has 0 spiro atoms. The maximum Gasteiger partial charge on any atom is 0.176 e. The summed E-state index contributed by atoms with van der Waals surface area (Å²) in [5, 5.41) is 0. The van der Waals surface area contributed by atoms with Gasteiger partial charge in [-0.3, -0.25) is 0 Å². The summed E-state index contributed by atoms with van der Waals surface area (Å²) >= 11 is 0. The number of rotatable bonds is 4. The molecular weight excluding hydrogens is 320 g/mol. The molecule has 2 aromatic carbocycles. The first kappa shape index (κ1) is 16.5. The van der Waals surface area contributed by atoms with Gasteiger partial charge in [-0.05, 0) is 48.5 Å². The average molecular weight is 335 g/mol. The molecule has 0 aliphatic rings. The third-order valence-electron chi connectivity index (χ3n) is 3.47. The summed E-state index contributed by atoms with van der Waals surface area (Å²) in [5.41, 5.74) is 2.34. The van der Waals surface area contributed by atoms with Crippen molar-refractivity contribution in [3.05, 3.63) is 96.3 Å². The number of aromatic nitrogens is 1. The van der Waals surface area contributed by atoms with Crippen molar-refractivity contribution in [1.82, 2.24) is 4.57 Å². The summed E-state index contributed by atoms with van der Waals surface area (Å²) in [7, 11) is 0. The maximum absolute atomic E-state index is 13.1. The second kappa shape index (κ2) is 7.50. The van der Waals surface area contributed by atoms with Crippen molar-refractivity contribution < 1.29 is 13.5 Å². The Morgan fingerprint density at radius 2 is 1.40 bits per heavy atom. The van der Waals surface area contributed by atoms with Crippen molar-refractivity contribution in [2.45, 2.75) is 0 Å². The van der Waals surface area contributed by atoms with Gasteiger partial charge in [0.2, 0.25) is 0 Å². The lowest BCUT2D eigenvalue weighted by Crippen LogP contribution is -1.92. The first-order valence-corrected chi connectivity index (χ1v) is 7.65. The summed E-state index contributed by atoms with van der Waals surface area (Å²) in [5.74, 6) is 5.14. The maximum atomic E-state index is 13.1. The molecule has 3 aromatic rings. The van der Waals surface area contributed by atoms with Gasteiger partial charge in [-0.25, -0.2) is 8.78 Å². The minimum atomic E-state index is -0.871. The molecule has 0 unspecified atom stereocenters. The van der Waals surface area contributed by atoms with Crippen LogP contribution in [0.15, 0.2) is 73.6 Å². The van der Waals surface area contributed by atoms with E-state index in [0.29, 0.717) is 12.3 Å². The molecule has 2 nitrogen and oxygen atoms in total. The SMILES string of the molecule is C=CCOc1ccc(C#Cc2ccc(-n3cc(F)c(F)c3)cc2)cc1. The van der Waals surface area contributed by atoms with Crippen LogP contribution in [-0.2, 0) is 0 Å². The van der Waals surface area contributed by atoms with Crippen LogP contribution in [0.1, 0.15) is 11.1 Å². The Morgan fingerprint density at radius 3 is 1.92 bits per heavy atom. The lowest BCUT2D eigenvalue weighted by atomic mass is 10.1. The first-order chi connectivity index (χ1) is 12.2. The van der Waals surface area contributed by atoms with Gasteiger partial charge in [0, 0.05) is 29.2 Å². The zero-order valence-electron chi connectivity index (χ0n) is 13.4. The molecule has 0 atom stereocenters. The zero-order valence-corrected chi connectivity index (χ0v) is 13.4. The molecule has 0 saturated heterocycles. The van der Waals surface area contributed by atoms with E-state index in [1.165, 1.54) is 4.57 Å². The predicted molar refractivity (Wildman–Crippen MR) is 93.8 cm³/mol. The highest BCUT2D eigenvalue weighted by Crippen LogP contribution is 2.15. The molecule has 25 heavy (non-hydrogen) atoms. The first-order valence-electron chi connectivity index (χ1n) is 7.65. The summed E-state index contributed by atoms with van der Waals surface area (Å²) < 4.78 is 33.0. The predicted octanol–water partition coefficient (Wildman–Crippen LogP) is 4.72. The normalized spacial score (nSPS) is 10.0. The van der Waals surface area contributed by atoms with Crippen LogP contribution in [0.5, 0.6) is 5.75 Å². The van der Waals surface area contributed by atoms with Crippen LogP contribution < -0.4 is 4.74 Å². The summed E-state index contributed by atoms with van der Waals surface area (Å²) in [6, 6.07) is 14.6. The Hall–Kier alpha value is -3.32. The zero-order chi connectivity index (χ0) is 17.6. The number of ether oxygens (including phenoxy) is 1. The lowest BCUT2D eigenvalue weighted by molar-refractivity contribution is 0.363. The van der Waals surface area contributed by atoms with Gasteiger partial charge in [0.25, 0.3) is 0 Å². The van der Waals surface area contributed by atoms with Crippen molar-refractivity contribution in [2.75, 3.05) is 6.61 Å². The van der Waals surface area contributed by atoms with Crippen LogP contribution in [-0.4, -0.2) is 11.2 Å². The lowest BCUT2D eigenvalue weighted by Gasteiger charge is -2.02. The van der Waals surface area contributed by atoms with E-state index in [-0.39, 0.29) is 0 Å². The Morgan fingerprint density at radius 1 is 0.880 bits per heavy atom. The number of nitrogens with zero attached hydrogens (tertiary/aromatic N) is 1. The molecule has 124 valence electrons. The van der Waals surface area contributed by atoms with E-state index in [9.17, 15) is 8.78 Å².